The number of para-hydroxylation sites is 1. The van der Waals surface area contributed by atoms with Crippen LogP contribution in [0.25, 0.3) is 0 Å². The van der Waals surface area contributed by atoms with E-state index in [0.717, 1.165) is 12.8 Å². The second-order valence-corrected chi connectivity index (χ2v) is 13.5. The number of pyridine rings is 1. The molecule has 0 bridgehead atoms. The predicted octanol–water partition coefficient (Wildman–Crippen LogP) is 10.6. The lowest BCUT2D eigenvalue weighted by Crippen LogP contribution is -2.26. The molecule has 0 aliphatic heterocycles. The van der Waals surface area contributed by atoms with Crippen LogP contribution in [0.4, 0.5) is 0 Å². The molecule has 0 fully saturated rings. The average Bonchev–Trinajstić information content (AvgIpc) is 3.06. The summed E-state index contributed by atoms with van der Waals surface area (Å²) in [4.78, 5) is 4.25. The lowest BCUT2D eigenvalue weighted by Gasteiger charge is -2.22. The van der Waals surface area contributed by atoms with E-state index in [0.29, 0.717) is 18.0 Å². The normalized spacial score (nSPS) is 13.3. The van der Waals surface area contributed by atoms with Crippen LogP contribution in [0.3, 0.4) is 0 Å². The van der Waals surface area contributed by atoms with E-state index in [1.54, 1.807) is 42.5 Å². The first-order valence-electron chi connectivity index (χ1n) is 16.8. The highest BCUT2D eigenvalue weighted by Crippen LogP contribution is 2.50. The Balaban J connectivity index is 1.65. The van der Waals surface area contributed by atoms with Crippen molar-refractivity contribution in [2.75, 3.05) is 26.9 Å². The Hall–Kier alpha value is -1.98. The minimum absolute atomic E-state index is 0.105. The summed E-state index contributed by atoms with van der Waals surface area (Å²) >= 11 is 6.15. The SMILES string of the molecule is CCCCCCCCCCCCCCCCCCOC[C@H](COP(=O)(OC)Oc1ccccc1Cl)OCc1cccc(C#N)n1. The number of ether oxygens (including phenoxy) is 2. The number of unbranched alkanes of at least 4 members (excludes halogenated alkanes) is 15. The zero-order valence-corrected chi connectivity index (χ0v) is 29.1. The lowest BCUT2D eigenvalue weighted by atomic mass is 10.0. The van der Waals surface area contributed by atoms with Gasteiger partial charge in [0.25, 0.3) is 0 Å². The molecule has 10 heteroatoms. The molecule has 1 heterocycles. The van der Waals surface area contributed by atoms with Gasteiger partial charge in [-0.2, -0.15) is 5.26 Å². The van der Waals surface area contributed by atoms with Crippen molar-refractivity contribution in [3.8, 4) is 11.8 Å². The Bertz CT molecular complexity index is 1130. The maximum Gasteiger partial charge on any atom is 0.529 e. The Morgan fingerprint density at radius 3 is 2.00 bits per heavy atom. The van der Waals surface area contributed by atoms with Gasteiger partial charge in [0.05, 0.1) is 30.5 Å². The molecule has 252 valence electrons. The smallest absolute Gasteiger partial charge is 0.402 e. The van der Waals surface area contributed by atoms with Gasteiger partial charge >= 0.3 is 7.82 Å². The van der Waals surface area contributed by atoms with Crippen molar-refractivity contribution in [1.82, 2.24) is 4.98 Å². The molecule has 0 aliphatic carbocycles. The molecule has 2 atom stereocenters. The molecule has 0 aliphatic rings. The van der Waals surface area contributed by atoms with Gasteiger partial charge in [-0.05, 0) is 30.7 Å². The van der Waals surface area contributed by atoms with Crippen LogP contribution < -0.4 is 4.52 Å². The summed E-state index contributed by atoms with van der Waals surface area (Å²) in [5.74, 6) is 0.194. The van der Waals surface area contributed by atoms with E-state index in [2.05, 4.69) is 11.9 Å². The molecule has 0 saturated carbocycles. The highest BCUT2D eigenvalue weighted by Gasteiger charge is 2.30. The van der Waals surface area contributed by atoms with Crippen LogP contribution in [-0.2, 0) is 29.7 Å². The largest absolute Gasteiger partial charge is 0.529 e. The molecule has 0 N–H and O–H groups in total. The number of hydrogen-bond donors (Lipinski definition) is 0. The Morgan fingerprint density at radius 1 is 0.822 bits per heavy atom. The number of nitrogens with zero attached hydrogens (tertiary/aromatic N) is 2. The molecule has 2 aromatic rings. The van der Waals surface area contributed by atoms with Crippen LogP contribution in [0.15, 0.2) is 42.5 Å². The number of phosphoric acid groups is 1. The van der Waals surface area contributed by atoms with Crippen LogP contribution in [0.1, 0.15) is 121 Å². The van der Waals surface area contributed by atoms with E-state index in [-0.39, 0.29) is 30.6 Å². The number of halogens is 1. The van der Waals surface area contributed by atoms with Crippen LogP contribution in [0.2, 0.25) is 5.02 Å². The zero-order valence-electron chi connectivity index (χ0n) is 27.4. The van der Waals surface area contributed by atoms with Crippen molar-refractivity contribution in [1.29, 1.82) is 5.26 Å². The second kappa shape index (κ2) is 25.2. The van der Waals surface area contributed by atoms with Gasteiger partial charge in [0.1, 0.15) is 23.6 Å². The Kier molecular flexibility index (Phi) is 21.9. The van der Waals surface area contributed by atoms with E-state index >= 15 is 0 Å². The summed E-state index contributed by atoms with van der Waals surface area (Å²) in [5.41, 5.74) is 0.903. The first kappa shape index (κ1) is 39.2. The Labute approximate surface area is 276 Å². The summed E-state index contributed by atoms with van der Waals surface area (Å²) < 4.78 is 41.2. The second-order valence-electron chi connectivity index (χ2n) is 11.4. The zero-order chi connectivity index (χ0) is 32.4. The van der Waals surface area contributed by atoms with E-state index < -0.39 is 13.9 Å². The molecule has 0 amide bonds. The highest BCUT2D eigenvalue weighted by atomic mass is 35.5. The molecule has 45 heavy (non-hydrogen) atoms. The standard InChI is InChI=1S/C35H54ClN2O6P/c1-3-4-5-6-7-8-9-10-11-12-13-14-15-16-17-20-26-41-29-33(42-28-32-23-21-22-31(27-37)38-32)30-43-45(39,40-2)44-35-25-19-18-24-34(35)36/h18-19,21-25,33H,3-17,20,26,28-30H2,1-2H3/t33-,45?/m1/s1. The van der Waals surface area contributed by atoms with Gasteiger partial charge in [-0.25, -0.2) is 9.55 Å². The van der Waals surface area contributed by atoms with Gasteiger partial charge in [-0.15, -0.1) is 0 Å². The van der Waals surface area contributed by atoms with E-state index in [9.17, 15) is 4.57 Å². The molecule has 0 spiro atoms. The fraction of sp³-hybridized carbons (Fsp3) is 0.657. The lowest BCUT2D eigenvalue weighted by molar-refractivity contribution is -0.0504. The third-order valence-electron chi connectivity index (χ3n) is 7.52. The van der Waals surface area contributed by atoms with Crippen LogP contribution >= 0.6 is 19.4 Å². The maximum atomic E-state index is 13.1. The van der Waals surface area contributed by atoms with Crippen molar-refractivity contribution < 1.29 is 27.6 Å². The van der Waals surface area contributed by atoms with E-state index in [1.165, 1.54) is 97.0 Å². The monoisotopic (exact) mass is 664 g/mol. The fourth-order valence-electron chi connectivity index (χ4n) is 4.87. The van der Waals surface area contributed by atoms with Crippen molar-refractivity contribution in [3.05, 3.63) is 58.9 Å². The fourth-order valence-corrected chi connectivity index (χ4v) is 6.08. The highest BCUT2D eigenvalue weighted by molar-refractivity contribution is 7.48. The summed E-state index contributed by atoms with van der Waals surface area (Å²) in [5, 5.41) is 9.43. The average molecular weight is 665 g/mol. The number of phosphoric ester groups is 1. The summed E-state index contributed by atoms with van der Waals surface area (Å²) in [7, 11) is -2.72. The molecule has 2 rings (SSSR count). The minimum Gasteiger partial charge on any atom is -0.402 e. The molecule has 1 unspecified atom stereocenters. The number of hydrogen-bond acceptors (Lipinski definition) is 8. The van der Waals surface area contributed by atoms with Gasteiger partial charge in [-0.3, -0.25) is 9.05 Å². The molecule has 8 nitrogen and oxygen atoms in total. The van der Waals surface area contributed by atoms with Crippen molar-refractivity contribution in [2.45, 2.75) is 122 Å². The van der Waals surface area contributed by atoms with Crippen LogP contribution in [-0.4, -0.2) is 38.0 Å². The summed E-state index contributed by atoms with van der Waals surface area (Å²) in [6.07, 6.45) is 20.5. The van der Waals surface area contributed by atoms with Gasteiger partial charge in [-0.1, -0.05) is 133 Å². The van der Waals surface area contributed by atoms with Crippen molar-refractivity contribution in [3.63, 3.8) is 0 Å². The number of aromatic nitrogens is 1. The third kappa shape index (κ3) is 18.7. The summed E-state index contributed by atoms with van der Waals surface area (Å²) in [6, 6.07) is 13.8. The van der Waals surface area contributed by atoms with Gasteiger partial charge in [0.2, 0.25) is 0 Å². The Morgan fingerprint density at radius 2 is 1.42 bits per heavy atom. The number of rotatable bonds is 28. The first-order chi connectivity index (χ1) is 22.0. The first-order valence-corrected chi connectivity index (χ1v) is 18.6. The summed E-state index contributed by atoms with van der Waals surface area (Å²) in [6.45, 7) is 3.12. The minimum atomic E-state index is -3.97. The molecule has 0 saturated heterocycles. The quantitative estimate of drug-likeness (QED) is 0.0654. The van der Waals surface area contributed by atoms with Crippen molar-refractivity contribution in [2.24, 2.45) is 0 Å². The predicted molar refractivity (Wildman–Crippen MR) is 181 cm³/mol. The number of benzene rings is 1. The third-order valence-corrected chi connectivity index (χ3v) is 9.17. The number of nitriles is 1. The van der Waals surface area contributed by atoms with Crippen LogP contribution in [0.5, 0.6) is 5.75 Å². The van der Waals surface area contributed by atoms with Gasteiger partial charge in [0, 0.05) is 13.7 Å². The van der Waals surface area contributed by atoms with E-state index in [1.807, 2.05) is 6.07 Å². The molecule has 1 aromatic carbocycles. The maximum absolute atomic E-state index is 13.1. The van der Waals surface area contributed by atoms with Crippen molar-refractivity contribution >= 4 is 19.4 Å². The molecule has 1 aromatic heterocycles. The molecular formula is C35H54ClN2O6P. The van der Waals surface area contributed by atoms with Gasteiger partial charge in [0.15, 0.2) is 0 Å². The molecule has 0 radical (unpaired) electrons. The topological polar surface area (TPSA) is 99.9 Å². The van der Waals surface area contributed by atoms with E-state index in [4.69, 9.17) is 39.9 Å². The molecular weight excluding hydrogens is 611 g/mol. The van der Waals surface area contributed by atoms with Gasteiger partial charge < -0.3 is 14.0 Å². The van der Waals surface area contributed by atoms with Crippen LogP contribution in [0, 0.1) is 11.3 Å².